The van der Waals surface area contributed by atoms with E-state index in [4.69, 9.17) is 4.74 Å². The lowest BCUT2D eigenvalue weighted by atomic mass is 9.74. The monoisotopic (exact) mass is 458 g/mol. The summed E-state index contributed by atoms with van der Waals surface area (Å²) in [6.07, 6.45) is 2.74. The lowest BCUT2D eigenvalue weighted by Gasteiger charge is -2.38. The SMILES string of the molecule is CC(C)(C)c1ccc(N(CC(=O)NCC2(c3ccccc3)CCOCC2)S(C)(=O)=O)cc1. The van der Waals surface area contributed by atoms with Gasteiger partial charge in [-0.1, -0.05) is 63.2 Å². The number of amides is 1. The summed E-state index contributed by atoms with van der Waals surface area (Å²) in [4.78, 5) is 12.9. The maximum atomic E-state index is 12.9. The highest BCUT2D eigenvalue weighted by atomic mass is 32.2. The Bertz CT molecular complexity index is 1010. The van der Waals surface area contributed by atoms with Crippen LogP contribution in [0.25, 0.3) is 0 Å². The van der Waals surface area contributed by atoms with E-state index in [2.05, 4.69) is 38.2 Å². The third kappa shape index (κ3) is 5.90. The van der Waals surface area contributed by atoms with Crippen LogP contribution in [-0.4, -0.2) is 46.9 Å². The molecule has 1 aliphatic rings. The van der Waals surface area contributed by atoms with Gasteiger partial charge in [0, 0.05) is 25.2 Å². The van der Waals surface area contributed by atoms with Crippen LogP contribution in [0.3, 0.4) is 0 Å². The zero-order valence-electron chi connectivity index (χ0n) is 19.4. The van der Waals surface area contributed by atoms with Crippen LogP contribution in [0.2, 0.25) is 0 Å². The van der Waals surface area contributed by atoms with Gasteiger partial charge in [-0.3, -0.25) is 9.10 Å². The van der Waals surface area contributed by atoms with E-state index in [9.17, 15) is 13.2 Å². The maximum absolute atomic E-state index is 12.9. The molecule has 0 aromatic heterocycles. The molecule has 0 aliphatic carbocycles. The van der Waals surface area contributed by atoms with Gasteiger partial charge in [-0.05, 0) is 41.5 Å². The normalized spacial score (nSPS) is 16.4. The molecular formula is C25H34N2O4S. The maximum Gasteiger partial charge on any atom is 0.240 e. The smallest absolute Gasteiger partial charge is 0.240 e. The molecule has 1 N–H and O–H groups in total. The number of carbonyl (C=O) groups excluding carboxylic acids is 1. The van der Waals surface area contributed by atoms with Crippen molar-refractivity contribution < 1.29 is 17.9 Å². The molecule has 1 amide bonds. The molecule has 1 aliphatic heterocycles. The first kappa shape index (κ1) is 24.3. The molecule has 0 bridgehead atoms. The molecule has 174 valence electrons. The molecule has 0 spiro atoms. The number of carbonyl (C=O) groups is 1. The van der Waals surface area contributed by atoms with E-state index in [1.165, 1.54) is 5.56 Å². The Balaban J connectivity index is 1.74. The van der Waals surface area contributed by atoms with Crippen molar-refractivity contribution in [3.8, 4) is 0 Å². The minimum absolute atomic E-state index is 0.0404. The predicted octanol–water partition coefficient (Wildman–Crippen LogP) is 3.61. The van der Waals surface area contributed by atoms with Gasteiger partial charge in [-0.15, -0.1) is 0 Å². The minimum Gasteiger partial charge on any atom is -0.381 e. The molecular weight excluding hydrogens is 424 g/mol. The Labute approximate surface area is 192 Å². The molecule has 1 fully saturated rings. The largest absolute Gasteiger partial charge is 0.381 e. The fourth-order valence-corrected chi connectivity index (χ4v) is 4.96. The van der Waals surface area contributed by atoms with Crippen molar-refractivity contribution in [2.75, 3.05) is 36.9 Å². The summed E-state index contributed by atoms with van der Waals surface area (Å²) in [5.74, 6) is -0.322. The standard InChI is InChI=1S/C25H34N2O4S/c1-24(2,3)20-10-12-22(13-11-20)27(32(4,29)30)18-23(28)26-19-25(14-16-31-17-15-25)21-8-6-5-7-9-21/h5-13H,14-19H2,1-4H3,(H,26,28). The molecule has 1 heterocycles. The molecule has 6 nitrogen and oxygen atoms in total. The number of anilines is 1. The minimum atomic E-state index is -3.62. The Kier molecular flexibility index (Phi) is 7.30. The first-order valence-electron chi connectivity index (χ1n) is 11.0. The second-order valence-electron chi connectivity index (χ2n) is 9.60. The summed E-state index contributed by atoms with van der Waals surface area (Å²) in [6, 6.07) is 17.5. The van der Waals surface area contributed by atoms with E-state index in [1.54, 1.807) is 12.1 Å². The van der Waals surface area contributed by atoms with Gasteiger partial charge < -0.3 is 10.1 Å². The van der Waals surface area contributed by atoms with Crippen LogP contribution in [0.5, 0.6) is 0 Å². The molecule has 0 atom stereocenters. The Morgan fingerprint density at radius 1 is 1.03 bits per heavy atom. The van der Waals surface area contributed by atoms with Crippen LogP contribution < -0.4 is 9.62 Å². The van der Waals surface area contributed by atoms with Crippen molar-refractivity contribution in [3.05, 3.63) is 65.7 Å². The van der Waals surface area contributed by atoms with Gasteiger partial charge in [0.05, 0.1) is 11.9 Å². The Morgan fingerprint density at radius 2 is 1.62 bits per heavy atom. The number of benzene rings is 2. The van der Waals surface area contributed by atoms with Crippen LogP contribution in [0.1, 0.15) is 44.7 Å². The summed E-state index contributed by atoms with van der Waals surface area (Å²) >= 11 is 0. The van der Waals surface area contributed by atoms with E-state index >= 15 is 0 Å². The third-order valence-corrected chi connectivity index (χ3v) is 7.31. The molecule has 0 radical (unpaired) electrons. The first-order valence-corrected chi connectivity index (χ1v) is 12.8. The zero-order valence-corrected chi connectivity index (χ0v) is 20.2. The molecule has 3 rings (SSSR count). The second-order valence-corrected chi connectivity index (χ2v) is 11.5. The van der Waals surface area contributed by atoms with Crippen LogP contribution in [0.15, 0.2) is 54.6 Å². The van der Waals surface area contributed by atoms with E-state index in [1.807, 2.05) is 30.3 Å². The summed E-state index contributed by atoms with van der Waals surface area (Å²) in [7, 11) is -3.62. The third-order valence-electron chi connectivity index (χ3n) is 6.17. The van der Waals surface area contributed by atoms with Crippen LogP contribution in [0, 0.1) is 0 Å². The van der Waals surface area contributed by atoms with Gasteiger partial charge in [0.15, 0.2) is 0 Å². The lowest BCUT2D eigenvalue weighted by Crippen LogP contribution is -2.47. The predicted molar refractivity (Wildman–Crippen MR) is 129 cm³/mol. The molecule has 2 aromatic carbocycles. The van der Waals surface area contributed by atoms with E-state index in [0.29, 0.717) is 25.4 Å². The second kappa shape index (κ2) is 9.63. The van der Waals surface area contributed by atoms with Gasteiger partial charge in [0.25, 0.3) is 0 Å². The summed E-state index contributed by atoms with van der Waals surface area (Å²) in [6.45, 7) is 7.77. The van der Waals surface area contributed by atoms with Gasteiger partial charge in [0.1, 0.15) is 6.54 Å². The molecule has 32 heavy (non-hydrogen) atoms. The van der Waals surface area contributed by atoms with Crippen molar-refractivity contribution in [2.24, 2.45) is 0 Å². The number of ether oxygens (including phenoxy) is 1. The molecule has 7 heteroatoms. The summed E-state index contributed by atoms with van der Waals surface area (Å²) < 4.78 is 31.7. The first-order chi connectivity index (χ1) is 15.0. The fraction of sp³-hybridized carbons (Fsp3) is 0.480. The van der Waals surface area contributed by atoms with Crippen molar-refractivity contribution in [1.29, 1.82) is 0 Å². The molecule has 2 aromatic rings. The average molecular weight is 459 g/mol. The molecule has 0 saturated carbocycles. The van der Waals surface area contributed by atoms with Crippen LogP contribution in [0.4, 0.5) is 5.69 Å². The van der Waals surface area contributed by atoms with Crippen molar-refractivity contribution >= 4 is 21.6 Å². The number of rotatable bonds is 7. The fourth-order valence-electron chi connectivity index (χ4n) is 4.10. The topological polar surface area (TPSA) is 75.7 Å². The number of hydrogen-bond donors (Lipinski definition) is 1. The molecule has 1 saturated heterocycles. The van der Waals surface area contributed by atoms with Gasteiger partial charge in [-0.2, -0.15) is 0 Å². The Morgan fingerprint density at radius 3 is 2.16 bits per heavy atom. The lowest BCUT2D eigenvalue weighted by molar-refractivity contribution is -0.120. The highest BCUT2D eigenvalue weighted by Crippen LogP contribution is 2.34. The highest BCUT2D eigenvalue weighted by Gasteiger charge is 2.35. The van der Waals surface area contributed by atoms with E-state index in [-0.39, 0.29) is 23.3 Å². The van der Waals surface area contributed by atoms with E-state index < -0.39 is 10.0 Å². The van der Waals surface area contributed by atoms with Crippen molar-refractivity contribution in [2.45, 2.75) is 44.4 Å². The van der Waals surface area contributed by atoms with Gasteiger partial charge >= 0.3 is 0 Å². The van der Waals surface area contributed by atoms with Gasteiger partial charge in [0.2, 0.25) is 15.9 Å². The molecule has 0 unspecified atom stereocenters. The number of nitrogens with one attached hydrogen (secondary N) is 1. The quantitative estimate of drug-likeness (QED) is 0.688. The van der Waals surface area contributed by atoms with Gasteiger partial charge in [-0.25, -0.2) is 8.42 Å². The van der Waals surface area contributed by atoms with E-state index in [0.717, 1.165) is 29.0 Å². The zero-order chi connectivity index (χ0) is 23.4. The average Bonchev–Trinajstić information content (AvgIpc) is 2.76. The number of sulfonamides is 1. The van der Waals surface area contributed by atoms with Crippen LogP contribution in [-0.2, 0) is 30.4 Å². The number of nitrogens with zero attached hydrogens (tertiary/aromatic N) is 1. The Hall–Kier alpha value is -2.38. The van der Waals surface area contributed by atoms with Crippen molar-refractivity contribution in [3.63, 3.8) is 0 Å². The van der Waals surface area contributed by atoms with Crippen LogP contribution >= 0.6 is 0 Å². The van der Waals surface area contributed by atoms with Crippen molar-refractivity contribution in [1.82, 2.24) is 5.32 Å². The summed E-state index contributed by atoms with van der Waals surface area (Å²) in [5, 5.41) is 3.00. The number of hydrogen-bond acceptors (Lipinski definition) is 4. The summed E-state index contributed by atoms with van der Waals surface area (Å²) in [5.41, 5.74) is 2.50. The highest BCUT2D eigenvalue weighted by molar-refractivity contribution is 7.92.